The topological polar surface area (TPSA) is 72.7 Å². The number of aliphatic imine (C=N–C) groups is 1. The summed E-state index contributed by atoms with van der Waals surface area (Å²) in [6.07, 6.45) is 6.49. The third kappa shape index (κ3) is 9.14. The Balaban J connectivity index is 0.00000450. The van der Waals surface area contributed by atoms with Gasteiger partial charge in [-0.15, -0.1) is 24.0 Å². The number of guanidine groups is 1. The highest BCUT2D eigenvalue weighted by atomic mass is 127. The molecule has 0 fully saturated rings. The summed E-state index contributed by atoms with van der Waals surface area (Å²) in [6.45, 7) is 0.600. The molecule has 2 rings (SSSR count). The molecule has 0 saturated carbocycles. The molecule has 0 unspecified atom stereocenters. The monoisotopic (exact) mass is 537 g/mol. The third-order valence-corrected chi connectivity index (χ3v) is 4.09. The fourth-order valence-corrected chi connectivity index (χ4v) is 2.70. The molecule has 1 aromatic carbocycles. The molecule has 2 aromatic rings. The molecule has 0 aliphatic heterocycles. The molecule has 1 aromatic heterocycles. The zero-order valence-electron chi connectivity index (χ0n) is 17.5. The van der Waals surface area contributed by atoms with Gasteiger partial charge in [-0.3, -0.25) is 9.67 Å². The minimum absolute atomic E-state index is 0. The van der Waals surface area contributed by atoms with E-state index in [2.05, 4.69) is 25.5 Å². The summed E-state index contributed by atoms with van der Waals surface area (Å²) in [5.74, 6) is 1.18. The number of nitrogens with zero attached hydrogens (tertiary/aromatic N) is 3. The molecule has 0 spiro atoms. The van der Waals surface area contributed by atoms with E-state index in [9.17, 15) is 8.78 Å². The second-order valence-electron chi connectivity index (χ2n) is 6.47. The van der Waals surface area contributed by atoms with Gasteiger partial charge in [0.15, 0.2) is 5.96 Å². The predicted molar refractivity (Wildman–Crippen MR) is 124 cm³/mol. The Morgan fingerprint density at radius 2 is 2.10 bits per heavy atom. The van der Waals surface area contributed by atoms with Crippen LogP contribution in [-0.4, -0.2) is 42.6 Å². The van der Waals surface area contributed by atoms with Crippen LogP contribution >= 0.6 is 24.0 Å². The van der Waals surface area contributed by atoms with Gasteiger partial charge in [0.1, 0.15) is 11.5 Å². The molecule has 0 aliphatic rings. The maximum Gasteiger partial charge on any atom is 0.387 e. The molecule has 0 amide bonds. The van der Waals surface area contributed by atoms with Crippen molar-refractivity contribution in [3.05, 3.63) is 41.7 Å². The first-order valence-corrected chi connectivity index (χ1v) is 9.64. The van der Waals surface area contributed by atoms with Gasteiger partial charge in [0.25, 0.3) is 0 Å². The van der Waals surface area contributed by atoms with E-state index in [-0.39, 0.29) is 29.7 Å². The number of nitrogens with one attached hydrogen (secondary N) is 2. The normalized spacial score (nSPS) is 11.2. The van der Waals surface area contributed by atoms with E-state index in [4.69, 9.17) is 4.74 Å². The minimum atomic E-state index is -2.90. The Morgan fingerprint density at radius 3 is 2.73 bits per heavy atom. The number of hydrogen-bond donors (Lipinski definition) is 2. The molecule has 7 nitrogen and oxygen atoms in total. The second-order valence-corrected chi connectivity index (χ2v) is 6.47. The van der Waals surface area contributed by atoms with Crippen LogP contribution < -0.4 is 20.1 Å². The van der Waals surface area contributed by atoms with Crippen molar-refractivity contribution in [3.63, 3.8) is 0 Å². The van der Waals surface area contributed by atoms with Crippen LogP contribution in [0.1, 0.15) is 30.9 Å². The van der Waals surface area contributed by atoms with Crippen molar-refractivity contribution < 1.29 is 18.3 Å². The third-order valence-electron chi connectivity index (χ3n) is 4.09. The number of rotatable bonds is 11. The first-order valence-electron chi connectivity index (χ1n) is 9.64. The van der Waals surface area contributed by atoms with Crippen LogP contribution in [0.3, 0.4) is 0 Å². The maximum atomic E-state index is 12.8. The smallest absolute Gasteiger partial charge is 0.387 e. The number of aryl methyl sites for hydroxylation is 2. The highest BCUT2D eigenvalue weighted by molar-refractivity contribution is 14.0. The summed E-state index contributed by atoms with van der Waals surface area (Å²) >= 11 is 0. The van der Waals surface area contributed by atoms with Crippen molar-refractivity contribution >= 4 is 29.9 Å². The van der Waals surface area contributed by atoms with Crippen LogP contribution in [0.4, 0.5) is 8.78 Å². The van der Waals surface area contributed by atoms with Crippen molar-refractivity contribution in [3.8, 4) is 11.5 Å². The van der Waals surface area contributed by atoms with E-state index >= 15 is 0 Å². The zero-order valence-corrected chi connectivity index (χ0v) is 19.9. The summed E-state index contributed by atoms with van der Waals surface area (Å²) in [4.78, 5) is 4.16. The Morgan fingerprint density at radius 1 is 1.30 bits per heavy atom. The van der Waals surface area contributed by atoms with E-state index in [1.807, 2.05) is 26.4 Å². The fraction of sp³-hybridized carbons (Fsp3) is 0.500. The lowest BCUT2D eigenvalue weighted by Crippen LogP contribution is -2.37. The number of hydrogen-bond acceptors (Lipinski definition) is 4. The van der Waals surface area contributed by atoms with Crippen molar-refractivity contribution in [2.45, 2.75) is 39.3 Å². The van der Waals surface area contributed by atoms with E-state index in [0.717, 1.165) is 25.8 Å². The lowest BCUT2D eigenvalue weighted by atomic mass is 10.2. The summed E-state index contributed by atoms with van der Waals surface area (Å²) in [6, 6.07) is 4.95. The Kier molecular flexibility index (Phi) is 12.1. The number of alkyl halides is 2. The van der Waals surface area contributed by atoms with Crippen LogP contribution in [0, 0.1) is 0 Å². The van der Waals surface area contributed by atoms with Gasteiger partial charge in [-0.1, -0.05) is 6.92 Å². The van der Waals surface area contributed by atoms with Crippen LogP contribution in [0.25, 0.3) is 0 Å². The summed E-state index contributed by atoms with van der Waals surface area (Å²) in [5.41, 5.74) is 1.77. The Labute approximate surface area is 193 Å². The number of benzene rings is 1. The van der Waals surface area contributed by atoms with E-state index < -0.39 is 6.61 Å². The van der Waals surface area contributed by atoms with Gasteiger partial charge in [0.2, 0.25) is 0 Å². The maximum absolute atomic E-state index is 12.8. The predicted octanol–water partition coefficient (Wildman–Crippen LogP) is 3.73. The zero-order chi connectivity index (χ0) is 21.1. The van der Waals surface area contributed by atoms with Gasteiger partial charge >= 0.3 is 6.61 Å². The summed E-state index contributed by atoms with van der Waals surface area (Å²) < 4.78 is 37.5. The molecule has 168 valence electrons. The lowest BCUT2D eigenvalue weighted by Gasteiger charge is -2.16. The van der Waals surface area contributed by atoms with Gasteiger partial charge in [-0.05, 0) is 37.0 Å². The van der Waals surface area contributed by atoms with Gasteiger partial charge in [-0.25, -0.2) is 0 Å². The molecule has 30 heavy (non-hydrogen) atoms. The molecule has 10 heteroatoms. The number of halogens is 3. The largest absolute Gasteiger partial charge is 0.493 e. The van der Waals surface area contributed by atoms with E-state index in [1.54, 1.807) is 23.9 Å². The minimum Gasteiger partial charge on any atom is -0.493 e. The second kappa shape index (κ2) is 14.0. The molecule has 0 atom stereocenters. The van der Waals surface area contributed by atoms with Crippen LogP contribution in [-0.2, 0) is 20.0 Å². The number of ether oxygens (including phenoxy) is 2. The summed E-state index contributed by atoms with van der Waals surface area (Å²) in [5, 5.41) is 10.5. The molecule has 0 bridgehead atoms. The van der Waals surface area contributed by atoms with Gasteiger partial charge < -0.3 is 20.1 Å². The van der Waals surface area contributed by atoms with Crippen molar-refractivity contribution in [2.75, 3.05) is 20.2 Å². The standard InChI is InChI=1S/C20H29F2N5O2.HI/c1-4-10-28-17-8-7-16(18(11-17)29-19(21)22)13-25-20(23-2)24-9-5-6-15-12-26-27(3)14-15;/h7-8,11-12,14,19H,4-6,9-10,13H2,1-3H3,(H2,23,24,25);1H. The molecule has 0 radical (unpaired) electrons. The van der Waals surface area contributed by atoms with Gasteiger partial charge in [-0.2, -0.15) is 13.9 Å². The van der Waals surface area contributed by atoms with Gasteiger partial charge in [0.05, 0.1) is 12.8 Å². The van der Waals surface area contributed by atoms with Crippen molar-refractivity contribution in [1.29, 1.82) is 0 Å². The first kappa shape index (κ1) is 25.9. The number of aromatic nitrogens is 2. The van der Waals surface area contributed by atoms with E-state index in [0.29, 0.717) is 30.4 Å². The first-order chi connectivity index (χ1) is 14.0. The van der Waals surface area contributed by atoms with Crippen molar-refractivity contribution in [2.24, 2.45) is 12.0 Å². The van der Waals surface area contributed by atoms with Gasteiger partial charge in [0, 0.05) is 45.0 Å². The van der Waals surface area contributed by atoms with Crippen LogP contribution in [0.2, 0.25) is 0 Å². The molecule has 2 N–H and O–H groups in total. The quantitative estimate of drug-likeness (QED) is 0.198. The van der Waals surface area contributed by atoms with Crippen molar-refractivity contribution in [1.82, 2.24) is 20.4 Å². The Hall–Kier alpha value is -2.11. The highest BCUT2D eigenvalue weighted by Gasteiger charge is 2.12. The molecule has 1 heterocycles. The van der Waals surface area contributed by atoms with Crippen LogP contribution in [0.5, 0.6) is 11.5 Å². The summed E-state index contributed by atoms with van der Waals surface area (Å²) in [7, 11) is 3.55. The molecule has 0 saturated heterocycles. The lowest BCUT2D eigenvalue weighted by molar-refractivity contribution is -0.0505. The van der Waals surface area contributed by atoms with Crippen LogP contribution in [0.15, 0.2) is 35.6 Å². The molecular formula is C20H30F2IN5O2. The highest BCUT2D eigenvalue weighted by Crippen LogP contribution is 2.26. The SMILES string of the molecule is CCCOc1ccc(CNC(=NC)NCCCc2cnn(C)c2)c(OC(F)F)c1.I. The Bertz CT molecular complexity index is 786. The molecular weight excluding hydrogens is 507 g/mol. The van der Waals surface area contributed by atoms with E-state index in [1.165, 1.54) is 11.6 Å². The average molecular weight is 537 g/mol. The molecule has 0 aliphatic carbocycles. The fourth-order valence-electron chi connectivity index (χ4n) is 2.70. The average Bonchev–Trinajstić information content (AvgIpc) is 3.11.